The van der Waals surface area contributed by atoms with Crippen molar-refractivity contribution in [3.63, 3.8) is 0 Å². The highest BCUT2D eigenvalue weighted by Crippen LogP contribution is 2.32. The number of carboxylic acid groups (broad SMARTS) is 1. The third-order valence-electron chi connectivity index (χ3n) is 4.33. The number of rotatable bonds is 9. The van der Waals surface area contributed by atoms with Gasteiger partial charge in [-0.25, -0.2) is 0 Å². The second kappa shape index (κ2) is 9.14. The lowest BCUT2D eigenvalue weighted by molar-refractivity contribution is -0.155. The topological polar surface area (TPSA) is 118 Å². The van der Waals surface area contributed by atoms with E-state index in [-0.39, 0.29) is 6.42 Å². The zero-order valence-electron chi connectivity index (χ0n) is 15.2. The molecule has 0 saturated carbocycles. The van der Waals surface area contributed by atoms with Crippen LogP contribution < -0.4 is 5.73 Å². The molecule has 0 aromatic heterocycles. The van der Waals surface area contributed by atoms with Crippen LogP contribution in [0.25, 0.3) is 0 Å². The molecular formula is C19H26ClNO5. The minimum absolute atomic E-state index is 0.158. The molecule has 0 saturated heterocycles. The monoisotopic (exact) mass is 383 g/mol. The lowest BCUT2D eigenvalue weighted by Gasteiger charge is -2.30. The van der Waals surface area contributed by atoms with E-state index in [1.54, 1.807) is 32.9 Å². The van der Waals surface area contributed by atoms with Crippen molar-refractivity contribution in [3.8, 4) is 0 Å². The van der Waals surface area contributed by atoms with Crippen molar-refractivity contribution in [2.45, 2.75) is 46.1 Å². The summed E-state index contributed by atoms with van der Waals surface area (Å²) in [6.45, 7) is 4.89. The Kier molecular flexibility index (Phi) is 7.78. The minimum Gasteiger partial charge on any atom is -0.481 e. The molecule has 0 bridgehead atoms. The molecular weight excluding hydrogens is 358 g/mol. The van der Waals surface area contributed by atoms with Gasteiger partial charge in [0.1, 0.15) is 12.0 Å². The number of nitrogens with two attached hydrogens (primary N) is 1. The number of aliphatic carboxylic acids is 1. The fraction of sp³-hybridized carbons (Fsp3) is 0.526. The van der Waals surface area contributed by atoms with Gasteiger partial charge in [0.15, 0.2) is 5.78 Å². The standard InChI is InChI=1S/C19H26ClNO5/c1-19(2,3)14(18(25)26)15(22)13(16(23)17(21)24)6-4-5-11-7-9-12(20)10-8-11/h7-10,13-14,16,23H,4-6H2,1-3H3,(H2,21,24)(H,25,26)/t13-,14?,16-/m1/s1. The molecule has 7 heteroatoms. The summed E-state index contributed by atoms with van der Waals surface area (Å²) in [6, 6.07) is 7.19. The van der Waals surface area contributed by atoms with Gasteiger partial charge in [-0.3, -0.25) is 14.4 Å². The minimum atomic E-state index is -1.71. The van der Waals surface area contributed by atoms with Gasteiger partial charge in [-0.05, 0) is 42.4 Å². The van der Waals surface area contributed by atoms with E-state index in [0.717, 1.165) is 5.56 Å². The van der Waals surface area contributed by atoms with Gasteiger partial charge in [0.05, 0.1) is 5.92 Å². The molecule has 0 radical (unpaired) electrons. The zero-order chi connectivity index (χ0) is 20.1. The maximum atomic E-state index is 12.8. The van der Waals surface area contributed by atoms with E-state index < -0.39 is 41.0 Å². The Bertz CT molecular complexity index is 651. The van der Waals surface area contributed by atoms with Gasteiger partial charge in [0.2, 0.25) is 5.91 Å². The highest BCUT2D eigenvalue weighted by atomic mass is 35.5. The van der Waals surface area contributed by atoms with E-state index in [2.05, 4.69) is 0 Å². The summed E-state index contributed by atoms with van der Waals surface area (Å²) in [6.07, 6.45) is -0.471. The number of carbonyl (C=O) groups is 3. The van der Waals surface area contributed by atoms with Crippen LogP contribution in [0.15, 0.2) is 24.3 Å². The van der Waals surface area contributed by atoms with Crippen LogP contribution in [-0.4, -0.2) is 34.0 Å². The molecule has 0 aliphatic rings. The van der Waals surface area contributed by atoms with Crippen molar-refractivity contribution in [1.82, 2.24) is 0 Å². The van der Waals surface area contributed by atoms with E-state index >= 15 is 0 Å². The SMILES string of the molecule is CC(C)(C)C(C(=O)O)C(=O)[C@@H](CCCc1ccc(Cl)cc1)[C@@H](O)C(N)=O. The number of hydrogen-bond acceptors (Lipinski definition) is 4. The Hall–Kier alpha value is -1.92. The van der Waals surface area contributed by atoms with Crippen LogP contribution in [0.1, 0.15) is 39.2 Å². The smallest absolute Gasteiger partial charge is 0.314 e. The average Bonchev–Trinajstić information content (AvgIpc) is 2.50. The zero-order valence-corrected chi connectivity index (χ0v) is 16.0. The number of aliphatic hydroxyl groups excluding tert-OH is 1. The van der Waals surface area contributed by atoms with Crippen molar-refractivity contribution in [2.24, 2.45) is 23.0 Å². The lowest BCUT2D eigenvalue weighted by Crippen LogP contribution is -2.46. The van der Waals surface area contributed by atoms with Crippen molar-refractivity contribution in [1.29, 1.82) is 0 Å². The molecule has 1 amide bonds. The third-order valence-corrected chi connectivity index (χ3v) is 4.58. The number of benzene rings is 1. The van der Waals surface area contributed by atoms with Gasteiger partial charge in [-0.2, -0.15) is 0 Å². The number of ketones is 1. The molecule has 1 rings (SSSR count). The Balaban J connectivity index is 2.93. The van der Waals surface area contributed by atoms with Gasteiger partial charge in [-0.1, -0.05) is 44.5 Å². The van der Waals surface area contributed by atoms with Gasteiger partial charge in [-0.15, -0.1) is 0 Å². The number of halogens is 1. The van der Waals surface area contributed by atoms with Crippen LogP contribution >= 0.6 is 11.6 Å². The second-order valence-corrected chi connectivity index (χ2v) is 7.95. The number of Topliss-reactive ketones (excluding diaryl/α,β-unsaturated/α-hetero) is 1. The maximum Gasteiger partial charge on any atom is 0.314 e. The number of carbonyl (C=O) groups excluding carboxylic acids is 2. The van der Waals surface area contributed by atoms with Gasteiger partial charge >= 0.3 is 5.97 Å². The lowest BCUT2D eigenvalue weighted by atomic mass is 9.72. The second-order valence-electron chi connectivity index (χ2n) is 7.51. The summed E-state index contributed by atoms with van der Waals surface area (Å²) in [5, 5.41) is 20.1. The summed E-state index contributed by atoms with van der Waals surface area (Å²) in [4.78, 5) is 35.8. The molecule has 0 heterocycles. The molecule has 0 aliphatic heterocycles. The Morgan fingerprint density at radius 3 is 2.12 bits per heavy atom. The molecule has 6 nitrogen and oxygen atoms in total. The fourth-order valence-electron chi connectivity index (χ4n) is 2.96. The number of primary amides is 1. The van der Waals surface area contributed by atoms with E-state index in [4.69, 9.17) is 17.3 Å². The molecule has 144 valence electrons. The summed E-state index contributed by atoms with van der Waals surface area (Å²) in [7, 11) is 0. The van der Waals surface area contributed by atoms with E-state index in [1.807, 2.05) is 12.1 Å². The fourth-order valence-corrected chi connectivity index (χ4v) is 3.09. The first-order valence-electron chi connectivity index (χ1n) is 8.43. The van der Waals surface area contributed by atoms with Crippen molar-refractivity contribution >= 4 is 29.3 Å². The average molecular weight is 384 g/mol. The van der Waals surface area contributed by atoms with Crippen LogP contribution in [0.4, 0.5) is 0 Å². The number of hydrogen-bond donors (Lipinski definition) is 3. The first-order valence-corrected chi connectivity index (χ1v) is 8.81. The van der Waals surface area contributed by atoms with E-state index in [0.29, 0.717) is 17.9 Å². The van der Waals surface area contributed by atoms with Gasteiger partial charge in [0.25, 0.3) is 0 Å². The third kappa shape index (κ3) is 6.11. The maximum absolute atomic E-state index is 12.8. The van der Waals surface area contributed by atoms with E-state index in [1.165, 1.54) is 0 Å². The number of carboxylic acids is 1. The Labute approximate surface area is 158 Å². The molecule has 1 aromatic rings. The highest BCUT2D eigenvalue weighted by Gasteiger charge is 2.43. The molecule has 26 heavy (non-hydrogen) atoms. The first-order chi connectivity index (χ1) is 11.9. The highest BCUT2D eigenvalue weighted by molar-refractivity contribution is 6.30. The van der Waals surface area contributed by atoms with Gasteiger partial charge in [0, 0.05) is 5.02 Å². The summed E-state index contributed by atoms with van der Waals surface area (Å²) in [5.41, 5.74) is 5.29. The normalized spacial score (nSPS) is 15.1. The molecule has 3 atom stereocenters. The summed E-state index contributed by atoms with van der Waals surface area (Å²) in [5.74, 6) is -5.47. The van der Waals surface area contributed by atoms with Crippen molar-refractivity contribution < 1.29 is 24.6 Å². The van der Waals surface area contributed by atoms with Crippen LogP contribution in [0, 0.1) is 17.3 Å². The van der Waals surface area contributed by atoms with E-state index in [9.17, 15) is 24.6 Å². The molecule has 0 fully saturated rings. The predicted molar refractivity (Wildman–Crippen MR) is 98.7 cm³/mol. The largest absolute Gasteiger partial charge is 0.481 e. The molecule has 1 unspecified atom stereocenters. The quantitative estimate of drug-likeness (QED) is 0.566. The molecule has 0 aliphatic carbocycles. The van der Waals surface area contributed by atoms with Gasteiger partial charge < -0.3 is 15.9 Å². The van der Waals surface area contributed by atoms with Crippen LogP contribution in [0.2, 0.25) is 5.02 Å². The van der Waals surface area contributed by atoms with Crippen LogP contribution in [0.5, 0.6) is 0 Å². The first kappa shape index (κ1) is 22.1. The Morgan fingerprint density at radius 2 is 1.69 bits per heavy atom. The van der Waals surface area contributed by atoms with Crippen molar-refractivity contribution in [3.05, 3.63) is 34.9 Å². The number of aliphatic hydroxyl groups is 1. The molecule has 4 N–H and O–H groups in total. The summed E-state index contributed by atoms with van der Waals surface area (Å²) >= 11 is 5.84. The summed E-state index contributed by atoms with van der Waals surface area (Å²) < 4.78 is 0. The number of amides is 1. The molecule has 1 aromatic carbocycles. The molecule has 0 spiro atoms. The van der Waals surface area contributed by atoms with Crippen molar-refractivity contribution in [2.75, 3.05) is 0 Å². The number of aryl methyl sites for hydroxylation is 1. The van der Waals surface area contributed by atoms with Crippen LogP contribution in [-0.2, 0) is 20.8 Å². The predicted octanol–water partition coefficient (Wildman–Crippen LogP) is 2.44. The Morgan fingerprint density at radius 1 is 1.15 bits per heavy atom. The van der Waals surface area contributed by atoms with Crippen LogP contribution in [0.3, 0.4) is 0 Å².